The van der Waals surface area contributed by atoms with E-state index in [-0.39, 0.29) is 24.3 Å². The molecule has 1 aromatic heterocycles. The Labute approximate surface area is 176 Å². The number of carbonyl (C=O) groups is 2. The minimum absolute atomic E-state index is 0.0718. The summed E-state index contributed by atoms with van der Waals surface area (Å²) in [6, 6.07) is 13.4. The summed E-state index contributed by atoms with van der Waals surface area (Å²) in [4.78, 5) is 29.1. The SMILES string of the molecule is O=C(NCc1ccc(OC2CCCC2)nc1)C1=NN(Cc2ccccc2)C(=O)CC1. The first kappa shape index (κ1) is 20.1. The van der Waals surface area contributed by atoms with Crippen molar-refractivity contribution in [2.45, 2.75) is 57.7 Å². The lowest BCUT2D eigenvalue weighted by Crippen LogP contribution is -2.38. The summed E-state index contributed by atoms with van der Waals surface area (Å²) in [6.45, 7) is 0.712. The van der Waals surface area contributed by atoms with Crippen LogP contribution >= 0.6 is 0 Å². The molecular formula is C23H26N4O3. The summed E-state index contributed by atoms with van der Waals surface area (Å²) in [5.74, 6) is 0.299. The van der Waals surface area contributed by atoms with Gasteiger partial charge in [0.25, 0.3) is 5.91 Å². The molecule has 0 unspecified atom stereocenters. The highest BCUT2D eigenvalue weighted by atomic mass is 16.5. The van der Waals surface area contributed by atoms with Crippen molar-refractivity contribution in [1.82, 2.24) is 15.3 Å². The average Bonchev–Trinajstić information content (AvgIpc) is 3.28. The molecule has 156 valence electrons. The maximum atomic E-state index is 12.5. The fourth-order valence-corrected chi connectivity index (χ4v) is 3.69. The molecule has 1 saturated carbocycles. The average molecular weight is 406 g/mol. The molecule has 7 nitrogen and oxygen atoms in total. The number of benzene rings is 1. The summed E-state index contributed by atoms with van der Waals surface area (Å²) >= 11 is 0. The Kier molecular flexibility index (Phi) is 6.37. The zero-order chi connectivity index (χ0) is 20.8. The molecule has 0 radical (unpaired) electrons. The zero-order valence-electron chi connectivity index (χ0n) is 16.9. The van der Waals surface area contributed by atoms with Crippen molar-refractivity contribution >= 4 is 17.5 Å². The fraction of sp³-hybridized carbons (Fsp3) is 0.391. The molecule has 0 saturated heterocycles. The Balaban J connectivity index is 1.31. The topological polar surface area (TPSA) is 83.9 Å². The van der Waals surface area contributed by atoms with Crippen LogP contribution in [0.5, 0.6) is 5.88 Å². The van der Waals surface area contributed by atoms with Crippen molar-refractivity contribution in [2.24, 2.45) is 5.10 Å². The summed E-state index contributed by atoms with van der Waals surface area (Å²) in [5.41, 5.74) is 2.23. The summed E-state index contributed by atoms with van der Waals surface area (Å²) in [7, 11) is 0. The van der Waals surface area contributed by atoms with Crippen LogP contribution in [0.25, 0.3) is 0 Å². The molecule has 1 aliphatic carbocycles. The molecule has 2 amide bonds. The van der Waals surface area contributed by atoms with Gasteiger partial charge in [-0.1, -0.05) is 36.4 Å². The second-order valence-electron chi connectivity index (χ2n) is 7.70. The fourth-order valence-electron chi connectivity index (χ4n) is 3.69. The van der Waals surface area contributed by atoms with Crippen molar-refractivity contribution < 1.29 is 14.3 Å². The number of amides is 2. The van der Waals surface area contributed by atoms with E-state index in [0.29, 0.717) is 31.1 Å². The molecule has 1 fully saturated rings. The first-order chi connectivity index (χ1) is 14.7. The highest BCUT2D eigenvalue weighted by Gasteiger charge is 2.24. The Morgan fingerprint density at radius 3 is 2.60 bits per heavy atom. The number of aromatic nitrogens is 1. The van der Waals surface area contributed by atoms with E-state index < -0.39 is 0 Å². The van der Waals surface area contributed by atoms with Crippen LogP contribution in [0.3, 0.4) is 0 Å². The van der Waals surface area contributed by atoms with E-state index in [1.165, 1.54) is 17.9 Å². The van der Waals surface area contributed by atoms with Gasteiger partial charge in [0.1, 0.15) is 11.8 Å². The summed E-state index contributed by atoms with van der Waals surface area (Å²) in [5, 5.41) is 8.55. The number of hydrogen-bond acceptors (Lipinski definition) is 5. The molecule has 1 aromatic carbocycles. The van der Waals surface area contributed by atoms with Gasteiger partial charge in [-0.15, -0.1) is 0 Å². The van der Waals surface area contributed by atoms with Crippen molar-refractivity contribution in [3.63, 3.8) is 0 Å². The molecular weight excluding hydrogens is 380 g/mol. The Morgan fingerprint density at radius 2 is 1.87 bits per heavy atom. The number of hydrogen-bond donors (Lipinski definition) is 1. The standard InChI is InChI=1S/C23H26N4O3/c28-22-13-11-20(26-27(22)16-17-6-2-1-3-7-17)23(29)25-15-18-10-12-21(24-14-18)30-19-8-4-5-9-19/h1-3,6-7,10,12,14,19H,4-5,8-9,11,13,15-16H2,(H,25,29). The molecule has 1 aliphatic heterocycles. The molecule has 0 bridgehead atoms. The van der Waals surface area contributed by atoms with E-state index in [9.17, 15) is 9.59 Å². The summed E-state index contributed by atoms with van der Waals surface area (Å²) < 4.78 is 5.87. The third-order valence-corrected chi connectivity index (χ3v) is 5.38. The smallest absolute Gasteiger partial charge is 0.267 e. The van der Waals surface area contributed by atoms with Gasteiger partial charge >= 0.3 is 0 Å². The number of rotatable bonds is 7. The monoisotopic (exact) mass is 406 g/mol. The predicted octanol–water partition coefficient (Wildman–Crippen LogP) is 3.20. The van der Waals surface area contributed by atoms with Gasteiger partial charge in [0.05, 0.1) is 6.54 Å². The molecule has 2 aliphatic rings. The molecule has 0 atom stereocenters. The van der Waals surface area contributed by atoms with Crippen molar-refractivity contribution in [1.29, 1.82) is 0 Å². The van der Waals surface area contributed by atoms with E-state index in [1.807, 2.05) is 42.5 Å². The minimum Gasteiger partial charge on any atom is -0.474 e. The molecule has 2 aromatic rings. The number of nitrogens with one attached hydrogen (secondary N) is 1. The van der Waals surface area contributed by atoms with Gasteiger partial charge in [0.15, 0.2) is 0 Å². The van der Waals surface area contributed by atoms with Crippen LogP contribution < -0.4 is 10.1 Å². The lowest BCUT2D eigenvalue weighted by Gasteiger charge is -2.23. The highest BCUT2D eigenvalue weighted by molar-refractivity contribution is 6.39. The third-order valence-electron chi connectivity index (χ3n) is 5.38. The number of ether oxygens (including phenoxy) is 1. The van der Waals surface area contributed by atoms with Gasteiger partial charge in [-0.25, -0.2) is 9.99 Å². The maximum absolute atomic E-state index is 12.5. The summed E-state index contributed by atoms with van der Waals surface area (Å²) in [6.07, 6.45) is 7.24. The molecule has 7 heteroatoms. The number of pyridine rings is 1. The van der Waals surface area contributed by atoms with E-state index in [2.05, 4.69) is 15.4 Å². The van der Waals surface area contributed by atoms with Crippen LogP contribution in [0.1, 0.15) is 49.7 Å². The van der Waals surface area contributed by atoms with E-state index in [0.717, 1.165) is 24.0 Å². The quantitative estimate of drug-likeness (QED) is 0.765. The van der Waals surface area contributed by atoms with Gasteiger partial charge in [-0.3, -0.25) is 9.59 Å². The van der Waals surface area contributed by atoms with Gasteiger partial charge < -0.3 is 10.1 Å². The predicted molar refractivity (Wildman–Crippen MR) is 113 cm³/mol. The first-order valence-electron chi connectivity index (χ1n) is 10.5. The van der Waals surface area contributed by atoms with Crippen molar-refractivity contribution in [3.05, 3.63) is 59.8 Å². The van der Waals surface area contributed by atoms with Crippen LogP contribution in [-0.2, 0) is 22.7 Å². The molecule has 30 heavy (non-hydrogen) atoms. The lowest BCUT2D eigenvalue weighted by atomic mass is 10.1. The molecule has 2 heterocycles. The molecule has 0 spiro atoms. The number of hydrazone groups is 1. The number of nitrogens with zero attached hydrogens (tertiary/aromatic N) is 3. The van der Waals surface area contributed by atoms with Crippen LogP contribution in [0, 0.1) is 0 Å². The normalized spacial score (nSPS) is 17.0. The van der Waals surface area contributed by atoms with Gasteiger partial charge in [-0.2, -0.15) is 5.10 Å². The van der Waals surface area contributed by atoms with Crippen LogP contribution in [-0.4, -0.2) is 33.6 Å². The minimum atomic E-state index is -0.258. The van der Waals surface area contributed by atoms with E-state index in [1.54, 1.807) is 6.20 Å². The molecule has 1 N–H and O–H groups in total. The second kappa shape index (κ2) is 9.52. The van der Waals surface area contributed by atoms with Gasteiger partial charge in [0.2, 0.25) is 11.8 Å². The van der Waals surface area contributed by atoms with E-state index in [4.69, 9.17) is 4.74 Å². The first-order valence-corrected chi connectivity index (χ1v) is 10.5. The number of carbonyl (C=O) groups excluding carboxylic acids is 2. The maximum Gasteiger partial charge on any atom is 0.267 e. The largest absolute Gasteiger partial charge is 0.474 e. The second-order valence-corrected chi connectivity index (χ2v) is 7.70. The Morgan fingerprint density at radius 1 is 1.07 bits per heavy atom. The van der Waals surface area contributed by atoms with Crippen LogP contribution in [0.15, 0.2) is 53.8 Å². The highest BCUT2D eigenvalue weighted by Crippen LogP contribution is 2.23. The van der Waals surface area contributed by atoms with Crippen molar-refractivity contribution in [2.75, 3.05) is 0 Å². The van der Waals surface area contributed by atoms with Crippen LogP contribution in [0.2, 0.25) is 0 Å². The van der Waals surface area contributed by atoms with Crippen LogP contribution in [0.4, 0.5) is 0 Å². The zero-order valence-corrected chi connectivity index (χ0v) is 16.9. The molecule has 4 rings (SSSR count). The Bertz CT molecular complexity index is 906. The lowest BCUT2D eigenvalue weighted by molar-refractivity contribution is -0.132. The van der Waals surface area contributed by atoms with Gasteiger partial charge in [-0.05, 0) is 36.8 Å². The van der Waals surface area contributed by atoms with Crippen molar-refractivity contribution in [3.8, 4) is 5.88 Å². The van der Waals surface area contributed by atoms with Gasteiger partial charge in [0, 0.05) is 31.6 Å². The Hall–Kier alpha value is -3.22. The third kappa shape index (κ3) is 5.23. The van der Waals surface area contributed by atoms with E-state index >= 15 is 0 Å².